The van der Waals surface area contributed by atoms with Crippen LogP contribution in [0.4, 0.5) is 13.2 Å². The molecule has 0 heterocycles. The van der Waals surface area contributed by atoms with E-state index in [1.165, 1.54) is 0 Å². The van der Waals surface area contributed by atoms with Crippen LogP contribution < -0.4 is 0 Å². The molecule has 0 bridgehead atoms. The Labute approximate surface area is 90.0 Å². The first-order valence-electron chi connectivity index (χ1n) is 4.38. The molecule has 6 heteroatoms. The molecule has 2 atom stereocenters. The predicted octanol–water partition coefficient (Wildman–Crippen LogP) is 3.07. The summed E-state index contributed by atoms with van der Waals surface area (Å²) < 4.78 is 40.0. The highest BCUT2D eigenvalue weighted by molar-refractivity contribution is 6.30. The van der Waals surface area contributed by atoms with Crippen LogP contribution in [0.3, 0.4) is 0 Å². The predicted molar refractivity (Wildman–Crippen MR) is 47.9 cm³/mol. The van der Waals surface area contributed by atoms with Crippen molar-refractivity contribution in [3.05, 3.63) is 11.3 Å². The van der Waals surface area contributed by atoms with Crippen molar-refractivity contribution in [3.8, 4) is 0 Å². The Balaban J connectivity index is 2.48. The highest BCUT2D eigenvalue weighted by Crippen LogP contribution is 2.46. The molecule has 0 aliphatic heterocycles. The third kappa shape index (κ3) is 2.87. The molecule has 2 unspecified atom stereocenters. The normalized spacial score (nSPS) is 31.3. The van der Waals surface area contributed by atoms with E-state index >= 15 is 0 Å². The number of ether oxygens (including phenoxy) is 1. The maximum atomic E-state index is 11.9. The van der Waals surface area contributed by atoms with E-state index in [-0.39, 0.29) is 24.0 Å². The summed E-state index contributed by atoms with van der Waals surface area (Å²) in [6.07, 6.45) is -4.41. The van der Waals surface area contributed by atoms with Gasteiger partial charge in [-0.15, -0.1) is 0 Å². The average molecular weight is 243 g/mol. The number of rotatable bonds is 2. The van der Waals surface area contributed by atoms with Crippen molar-refractivity contribution in [3.63, 3.8) is 0 Å². The molecule has 1 fully saturated rings. The summed E-state index contributed by atoms with van der Waals surface area (Å²) in [5, 5.41) is -1.43. The second kappa shape index (κ2) is 4.04. The number of carbonyl (C=O) groups excluding carboxylic acids is 1. The Morgan fingerprint density at radius 2 is 1.80 bits per heavy atom. The fourth-order valence-corrected chi connectivity index (χ4v) is 1.39. The van der Waals surface area contributed by atoms with Crippen molar-refractivity contribution < 1.29 is 22.7 Å². The van der Waals surface area contributed by atoms with E-state index in [2.05, 4.69) is 4.74 Å². The van der Waals surface area contributed by atoms with E-state index in [1.54, 1.807) is 0 Å². The largest absolute Gasteiger partial charge is 0.433 e. The van der Waals surface area contributed by atoms with Gasteiger partial charge in [-0.2, -0.15) is 13.2 Å². The van der Waals surface area contributed by atoms with Crippen LogP contribution in [0.25, 0.3) is 0 Å². The van der Waals surface area contributed by atoms with E-state index in [4.69, 9.17) is 11.6 Å². The summed E-state index contributed by atoms with van der Waals surface area (Å²) in [5.74, 6) is -0.637. The van der Waals surface area contributed by atoms with Crippen LogP contribution in [0.2, 0.25) is 0 Å². The number of alkyl halides is 3. The summed E-state index contributed by atoms with van der Waals surface area (Å²) in [6.45, 7) is 3.68. The molecular weight excluding hydrogens is 233 g/mol. The Kier molecular flexibility index (Phi) is 3.33. The molecule has 2 nitrogen and oxygen atoms in total. The SMILES string of the molecule is CC1C(C)C1C(=O)OC=C(Cl)C(F)(F)F. The third-order valence-electron chi connectivity index (χ3n) is 2.64. The van der Waals surface area contributed by atoms with Gasteiger partial charge in [0, 0.05) is 0 Å². The molecule has 0 spiro atoms. The van der Waals surface area contributed by atoms with Gasteiger partial charge in [-0.25, -0.2) is 0 Å². The lowest BCUT2D eigenvalue weighted by Gasteiger charge is -2.03. The minimum Gasteiger partial charge on any atom is -0.433 e. The molecule has 0 aromatic rings. The quantitative estimate of drug-likeness (QED) is 0.549. The van der Waals surface area contributed by atoms with Crippen LogP contribution in [0, 0.1) is 17.8 Å². The zero-order chi connectivity index (χ0) is 11.8. The lowest BCUT2D eigenvalue weighted by molar-refractivity contribution is -0.140. The third-order valence-corrected chi connectivity index (χ3v) is 2.95. The van der Waals surface area contributed by atoms with Gasteiger partial charge < -0.3 is 4.74 Å². The van der Waals surface area contributed by atoms with Crippen molar-refractivity contribution in [1.82, 2.24) is 0 Å². The van der Waals surface area contributed by atoms with Crippen molar-refractivity contribution in [1.29, 1.82) is 0 Å². The number of hydrogen-bond donors (Lipinski definition) is 0. The molecule has 0 saturated heterocycles. The van der Waals surface area contributed by atoms with Crippen molar-refractivity contribution >= 4 is 17.6 Å². The molecular formula is C9H10ClF3O2. The maximum absolute atomic E-state index is 11.9. The van der Waals surface area contributed by atoms with Gasteiger partial charge in [0.25, 0.3) is 0 Å². The number of hydrogen-bond acceptors (Lipinski definition) is 2. The minimum absolute atomic E-state index is 0.163. The summed E-state index contributed by atoms with van der Waals surface area (Å²) in [6, 6.07) is 0. The van der Waals surface area contributed by atoms with Gasteiger partial charge in [0.05, 0.1) is 5.92 Å². The lowest BCUT2D eigenvalue weighted by Crippen LogP contribution is -2.10. The molecule has 0 aromatic carbocycles. The monoisotopic (exact) mass is 242 g/mol. The van der Waals surface area contributed by atoms with Crippen LogP contribution in [0.5, 0.6) is 0 Å². The van der Waals surface area contributed by atoms with Crippen LogP contribution in [-0.4, -0.2) is 12.1 Å². The summed E-state index contributed by atoms with van der Waals surface area (Å²) in [5.41, 5.74) is 0. The number of esters is 1. The van der Waals surface area contributed by atoms with Gasteiger partial charge in [-0.05, 0) is 11.8 Å². The van der Waals surface area contributed by atoms with Crippen molar-refractivity contribution in [2.45, 2.75) is 20.0 Å². The molecule has 0 N–H and O–H groups in total. The fourth-order valence-electron chi connectivity index (χ4n) is 1.35. The molecule has 1 rings (SSSR count). The molecule has 1 aliphatic carbocycles. The Morgan fingerprint density at radius 1 is 1.33 bits per heavy atom. The molecule has 0 amide bonds. The van der Waals surface area contributed by atoms with E-state index in [1.807, 2.05) is 13.8 Å². The highest BCUT2D eigenvalue weighted by Gasteiger charge is 2.49. The summed E-state index contributed by atoms with van der Waals surface area (Å²) in [4.78, 5) is 11.2. The molecule has 15 heavy (non-hydrogen) atoms. The molecule has 1 saturated carbocycles. The number of halogens is 4. The standard InChI is InChI=1S/C9H10ClF3O2/c1-4-5(2)7(4)8(14)15-3-6(10)9(11,12)13/h3-5,7H,1-2H3. The van der Waals surface area contributed by atoms with E-state index in [9.17, 15) is 18.0 Å². The fraction of sp³-hybridized carbons (Fsp3) is 0.667. The maximum Gasteiger partial charge on any atom is 0.429 e. The smallest absolute Gasteiger partial charge is 0.429 e. The van der Waals surface area contributed by atoms with E-state index < -0.39 is 17.2 Å². The summed E-state index contributed by atoms with van der Waals surface area (Å²) >= 11 is 4.86. The Bertz CT molecular complexity index is 290. The Morgan fingerprint density at radius 3 is 2.13 bits per heavy atom. The lowest BCUT2D eigenvalue weighted by atomic mass is 10.3. The number of carbonyl (C=O) groups is 1. The number of allylic oxidation sites excluding steroid dienone is 1. The average Bonchev–Trinajstić information content (AvgIpc) is 2.68. The van der Waals surface area contributed by atoms with E-state index in [0.29, 0.717) is 0 Å². The van der Waals surface area contributed by atoms with Crippen LogP contribution in [0.1, 0.15) is 13.8 Å². The van der Waals surface area contributed by atoms with Gasteiger partial charge in [0.15, 0.2) is 5.03 Å². The molecule has 1 aliphatic rings. The van der Waals surface area contributed by atoms with Gasteiger partial charge in [0.2, 0.25) is 0 Å². The van der Waals surface area contributed by atoms with Gasteiger partial charge >= 0.3 is 12.1 Å². The highest BCUT2D eigenvalue weighted by atomic mass is 35.5. The first-order chi connectivity index (χ1) is 6.75. The zero-order valence-corrected chi connectivity index (χ0v) is 8.89. The summed E-state index contributed by atoms with van der Waals surface area (Å²) in [7, 11) is 0. The first kappa shape index (κ1) is 12.4. The van der Waals surface area contributed by atoms with E-state index in [0.717, 1.165) is 0 Å². The molecule has 0 aromatic heterocycles. The Hall–Kier alpha value is -0.710. The zero-order valence-electron chi connectivity index (χ0n) is 8.14. The van der Waals surface area contributed by atoms with Gasteiger partial charge in [-0.3, -0.25) is 4.79 Å². The molecule has 0 radical (unpaired) electrons. The van der Waals surface area contributed by atoms with Crippen LogP contribution in [-0.2, 0) is 9.53 Å². The van der Waals surface area contributed by atoms with Gasteiger partial charge in [0.1, 0.15) is 6.26 Å². The minimum atomic E-state index is -4.66. The molecule has 86 valence electrons. The van der Waals surface area contributed by atoms with Crippen LogP contribution >= 0.6 is 11.6 Å². The first-order valence-corrected chi connectivity index (χ1v) is 4.76. The second-order valence-electron chi connectivity index (χ2n) is 3.64. The van der Waals surface area contributed by atoms with Crippen molar-refractivity contribution in [2.75, 3.05) is 0 Å². The van der Waals surface area contributed by atoms with Crippen LogP contribution in [0.15, 0.2) is 11.3 Å². The van der Waals surface area contributed by atoms with Crippen molar-refractivity contribution in [2.24, 2.45) is 17.8 Å². The topological polar surface area (TPSA) is 26.3 Å². The van der Waals surface area contributed by atoms with Gasteiger partial charge in [-0.1, -0.05) is 25.4 Å². The second-order valence-corrected chi connectivity index (χ2v) is 4.05.